The highest BCUT2D eigenvalue weighted by Gasteiger charge is 2.33. The molecule has 0 spiro atoms. The van der Waals surface area contributed by atoms with Gasteiger partial charge in [0, 0.05) is 30.1 Å². The predicted molar refractivity (Wildman–Crippen MR) is 103 cm³/mol. The number of nitrogens with zero attached hydrogens (tertiary/aromatic N) is 2. The van der Waals surface area contributed by atoms with Crippen LogP contribution in [0.2, 0.25) is 0 Å². The molecule has 1 saturated heterocycles. The van der Waals surface area contributed by atoms with Gasteiger partial charge in [0.1, 0.15) is 4.90 Å². The van der Waals surface area contributed by atoms with Crippen molar-refractivity contribution in [2.75, 3.05) is 13.1 Å². The van der Waals surface area contributed by atoms with E-state index in [4.69, 9.17) is 0 Å². The zero-order valence-electron chi connectivity index (χ0n) is 15.3. The number of H-pyrrole nitrogens is 2. The molecule has 7 nitrogen and oxygen atoms in total. The molecular formula is C19H22N4O3S. The lowest BCUT2D eigenvalue weighted by molar-refractivity contribution is 0.316. The molecule has 0 bridgehead atoms. The van der Waals surface area contributed by atoms with Crippen molar-refractivity contribution in [1.82, 2.24) is 19.5 Å². The summed E-state index contributed by atoms with van der Waals surface area (Å²) in [5, 5.41) is 8.34. The molecule has 3 heterocycles. The maximum absolute atomic E-state index is 13.0. The summed E-state index contributed by atoms with van der Waals surface area (Å²) in [7, 11) is -3.56. The van der Waals surface area contributed by atoms with E-state index in [2.05, 4.69) is 15.2 Å². The van der Waals surface area contributed by atoms with Crippen molar-refractivity contribution in [2.45, 2.75) is 37.5 Å². The minimum Gasteiger partial charge on any atom is -0.325 e. The molecule has 1 aliphatic heterocycles. The van der Waals surface area contributed by atoms with Crippen LogP contribution in [0.4, 0.5) is 0 Å². The van der Waals surface area contributed by atoms with Crippen molar-refractivity contribution >= 4 is 20.8 Å². The number of aromatic amines is 2. The number of nitrogens with one attached hydrogen (secondary N) is 2. The number of aryl methyl sites for hydroxylation is 2. The molecule has 2 aromatic heterocycles. The first kappa shape index (κ1) is 17.9. The Morgan fingerprint density at radius 2 is 1.85 bits per heavy atom. The number of pyridine rings is 1. The van der Waals surface area contributed by atoms with E-state index in [1.165, 1.54) is 4.31 Å². The topological polar surface area (TPSA) is 98.9 Å². The standard InChI is InChI=1S/C19H22N4O3S/c1-12-18(13(2)22-21-12)27(25,26)23-9-7-14(8-10-23)17-11-15-5-3-4-6-16(15)19(24)20-17/h3-6,11,14H,7-10H2,1-2H3,(H,20,24)(H,21,22). The van der Waals surface area contributed by atoms with E-state index in [1.807, 2.05) is 30.3 Å². The van der Waals surface area contributed by atoms with Crippen LogP contribution in [0.1, 0.15) is 35.8 Å². The van der Waals surface area contributed by atoms with Gasteiger partial charge in [-0.05, 0) is 44.2 Å². The number of benzene rings is 1. The smallest absolute Gasteiger partial charge is 0.256 e. The summed E-state index contributed by atoms with van der Waals surface area (Å²) in [6, 6.07) is 9.51. The first-order chi connectivity index (χ1) is 12.9. The maximum atomic E-state index is 13.0. The Balaban J connectivity index is 1.57. The second-order valence-electron chi connectivity index (χ2n) is 7.08. The van der Waals surface area contributed by atoms with Gasteiger partial charge >= 0.3 is 0 Å². The summed E-state index contributed by atoms with van der Waals surface area (Å²) in [6.07, 6.45) is 1.34. The third-order valence-corrected chi connectivity index (χ3v) is 7.49. The lowest BCUT2D eigenvalue weighted by Crippen LogP contribution is -2.38. The second kappa shape index (κ2) is 6.61. The van der Waals surface area contributed by atoms with Crippen LogP contribution < -0.4 is 5.56 Å². The predicted octanol–water partition coefficient (Wildman–Crippen LogP) is 2.44. The summed E-state index contributed by atoms with van der Waals surface area (Å²) >= 11 is 0. The molecule has 4 rings (SSSR count). The highest BCUT2D eigenvalue weighted by atomic mass is 32.2. The van der Waals surface area contributed by atoms with Crippen molar-refractivity contribution in [1.29, 1.82) is 0 Å². The van der Waals surface area contributed by atoms with Gasteiger partial charge in [-0.1, -0.05) is 18.2 Å². The number of sulfonamides is 1. The van der Waals surface area contributed by atoms with E-state index in [9.17, 15) is 13.2 Å². The molecule has 3 aromatic rings. The molecule has 0 unspecified atom stereocenters. The third kappa shape index (κ3) is 3.08. The fourth-order valence-electron chi connectivity index (χ4n) is 3.91. The van der Waals surface area contributed by atoms with Gasteiger partial charge in [-0.15, -0.1) is 0 Å². The molecular weight excluding hydrogens is 364 g/mol. The van der Waals surface area contributed by atoms with Gasteiger partial charge in [0.15, 0.2) is 0 Å². The molecule has 2 N–H and O–H groups in total. The normalized spacial score (nSPS) is 16.8. The van der Waals surface area contributed by atoms with E-state index in [1.54, 1.807) is 13.8 Å². The zero-order chi connectivity index (χ0) is 19.2. The van der Waals surface area contributed by atoms with E-state index in [-0.39, 0.29) is 16.4 Å². The average Bonchev–Trinajstić information content (AvgIpc) is 3.01. The first-order valence-corrected chi connectivity index (χ1v) is 10.5. The zero-order valence-corrected chi connectivity index (χ0v) is 16.1. The molecule has 0 saturated carbocycles. The highest BCUT2D eigenvalue weighted by Crippen LogP contribution is 2.31. The van der Waals surface area contributed by atoms with Crippen LogP contribution in [0.25, 0.3) is 10.8 Å². The van der Waals surface area contributed by atoms with Crippen molar-refractivity contribution in [3.63, 3.8) is 0 Å². The number of hydrogen-bond donors (Lipinski definition) is 2. The summed E-state index contributed by atoms with van der Waals surface area (Å²) in [6.45, 7) is 4.26. The second-order valence-corrected chi connectivity index (χ2v) is 8.96. The van der Waals surface area contributed by atoms with Crippen molar-refractivity contribution in [3.05, 3.63) is 57.8 Å². The van der Waals surface area contributed by atoms with E-state index >= 15 is 0 Å². The van der Waals surface area contributed by atoms with Crippen LogP contribution in [-0.2, 0) is 10.0 Å². The first-order valence-electron chi connectivity index (χ1n) is 9.01. The Morgan fingerprint density at radius 3 is 2.52 bits per heavy atom. The Kier molecular flexibility index (Phi) is 4.39. The fraction of sp³-hybridized carbons (Fsp3) is 0.368. The van der Waals surface area contributed by atoms with E-state index in [0.717, 1.165) is 11.1 Å². The van der Waals surface area contributed by atoms with Crippen LogP contribution in [0, 0.1) is 13.8 Å². The van der Waals surface area contributed by atoms with E-state index in [0.29, 0.717) is 42.7 Å². The molecule has 0 amide bonds. The number of fused-ring (bicyclic) bond motifs is 1. The lowest BCUT2D eigenvalue weighted by Gasteiger charge is -2.31. The number of rotatable bonds is 3. The molecule has 0 aliphatic carbocycles. The molecule has 0 atom stereocenters. The molecule has 142 valence electrons. The third-order valence-electron chi connectivity index (χ3n) is 5.33. The average molecular weight is 386 g/mol. The quantitative estimate of drug-likeness (QED) is 0.722. The fourth-order valence-corrected chi connectivity index (χ4v) is 5.71. The van der Waals surface area contributed by atoms with Gasteiger partial charge in [-0.25, -0.2) is 8.42 Å². The van der Waals surface area contributed by atoms with Gasteiger partial charge < -0.3 is 4.98 Å². The minimum absolute atomic E-state index is 0.0946. The SMILES string of the molecule is Cc1n[nH]c(C)c1S(=O)(=O)N1CCC(c2cc3ccccc3c(=O)[nH]2)CC1. The Bertz CT molecular complexity index is 1140. The highest BCUT2D eigenvalue weighted by molar-refractivity contribution is 7.89. The number of piperidine rings is 1. The van der Waals surface area contributed by atoms with Gasteiger partial charge in [0.2, 0.25) is 10.0 Å². The Labute approximate surface area is 157 Å². The molecule has 8 heteroatoms. The van der Waals surface area contributed by atoms with Crippen molar-refractivity contribution < 1.29 is 8.42 Å². The van der Waals surface area contributed by atoms with E-state index < -0.39 is 10.0 Å². The summed E-state index contributed by atoms with van der Waals surface area (Å²) in [5.74, 6) is 0.139. The van der Waals surface area contributed by atoms with Crippen LogP contribution >= 0.6 is 0 Å². The van der Waals surface area contributed by atoms with Crippen LogP contribution in [0.5, 0.6) is 0 Å². The van der Waals surface area contributed by atoms with Crippen molar-refractivity contribution in [2.24, 2.45) is 0 Å². The largest absolute Gasteiger partial charge is 0.325 e. The van der Waals surface area contributed by atoms with Crippen LogP contribution in [-0.4, -0.2) is 41.0 Å². The summed E-state index contributed by atoms with van der Waals surface area (Å²) < 4.78 is 27.5. The van der Waals surface area contributed by atoms with Crippen LogP contribution in [0.15, 0.2) is 40.0 Å². The minimum atomic E-state index is -3.56. The van der Waals surface area contributed by atoms with Gasteiger partial charge in [0.05, 0.1) is 11.4 Å². The molecule has 27 heavy (non-hydrogen) atoms. The van der Waals surface area contributed by atoms with Gasteiger partial charge in [-0.2, -0.15) is 9.40 Å². The summed E-state index contributed by atoms with van der Waals surface area (Å²) in [4.78, 5) is 15.6. The Morgan fingerprint density at radius 1 is 1.15 bits per heavy atom. The number of aromatic nitrogens is 3. The van der Waals surface area contributed by atoms with Crippen molar-refractivity contribution in [3.8, 4) is 0 Å². The molecule has 1 aliphatic rings. The van der Waals surface area contributed by atoms with Crippen LogP contribution in [0.3, 0.4) is 0 Å². The lowest BCUT2D eigenvalue weighted by atomic mass is 9.93. The van der Waals surface area contributed by atoms with Gasteiger partial charge in [0.25, 0.3) is 5.56 Å². The van der Waals surface area contributed by atoms with Gasteiger partial charge in [-0.3, -0.25) is 9.89 Å². The maximum Gasteiger partial charge on any atom is 0.256 e. The molecule has 0 radical (unpaired) electrons. The molecule has 1 aromatic carbocycles. The number of hydrogen-bond acceptors (Lipinski definition) is 4. The molecule has 1 fully saturated rings. The Hall–Kier alpha value is -2.45. The summed E-state index contributed by atoms with van der Waals surface area (Å²) in [5.41, 5.74) is 1.84. The monoisotopic (exact) mass is 386 g/mol.